The van der Waals surface area contributed by atoms with Crippen LogP contribution in [0.15, 0.2) is 96.5 Å². The van der Waals surface area contributed by atoms with E-state index < -0.39 is 11.6 Å². The third-order valence-electron chi connectivity index (χ3n) is 11.2. The van der Waals surface area contributed by atoms with Crippen LogP contribution in [0.4, 0.5) is 31.8 Å². The van der Waals surface area contributed by atoms with Gasteiger partial charge in [0.2, 0.25) is 0 Å². The Morgan fingerprint density at radius 1 is 0.586 bits per heavy atom. The van der Waals surface area contributed by atoms with Gasteiger partial charge < -0.3 is 37.4 Å². The van der Waals surface area contributed by atoms with E-state index in [9.17, 15) is 28.6 Å². The second-order valence-corrected chi connectivity index (χ2v) is 17.9. The van der Waals surface area contributed by atoms with Crippen LogP contribution in [0.1, 0.15) is 54.4 Å². The van der Waals surface area contributed by atoms with Crippen LogP contribution in [0.5, 0.6) is 11.5 Å². The van der Waals surface area contributed by atoms with Crippen molar-refractivity contribution in [1.29, 1.82) is 0 Å². The molecule has 6 heterocycles. The molecule has 21 heteroatoms. The van der Waals surface area contributed by atoms with E-state index in [0.717, 1.165) is 39.8 Å². The van der Waals surface area contributed by atoms with Gasteiger partial charge in [0.15, 0.2) is 0 Å². The molecule has 0 fully saturated rings. The van der Waals surface area contributed by atoms with Crippen molar-refractivity contribution < 1.29 is 33.7 Å². The summed E-state index contributed by atoms with van der Waals surface area (Å²) in [5.41, 5.74) is 18.4. The first-order valence-electron chi connectivity index (χ1n) is 20.8. The maximum absolute atomic E-state index is 14.6. The van der Waals surface area contributed by atoms with Gasteiger partial charge in [0.05, 0.1) is 54.3 Å². The molecule has 2 amide bonds. The number of anilines is 4. The lowest BCUT2D eigenvalue weighted by Gasteiger charge is -2.14. The molecule has 0 saturated carbocycles. The van der Waals surface area contributed by atoms with Crippen molar-refractivity contribution in [3.8, 4) is 11.5 Å². The van der Waals surface area contributed by atoms with Crippen LogP contribution in [0.2, 0.25) is 10.0 Å². The van der Waals surface area contributed by atoms with Gasteiger partial charge in [-0.05, 0) is 60.4 Å². The topological polar surface area (TPSA) is 248 Å². The van der Waals surface area contributed by atoms with Gasteiger partial charge in [0.1, 0.15) is 57.5 Å². The molecule has 10 aromatic rings. The number of pyridine rings is 2. The second kappa shape index (κ2) is 20.5. The maximum Gasteiger partial charge on any atom is 0.258 e. The summed E-state index contributed by atoms with van der Waals surface area (Å²) in [6, 6.07) is 16.8. The maximum atomic E-state index is 14.6. The molecular formula is C49H38Cl2F2N10O5S2. The number of amides is 2. The van der Waals surface area contributed by atoms with Gasteiger partial charge >= 0.3 is 0 Å². The molecule has 0 saturated heterocycles. The number of nitrogens with two attached hydrogens (primary N) is 2. The van der Waals surface area contributed by atoms with Crippen LogP contribution < -0.4 is 22.1 Å². The second-order valence-electron chi connectivity index (χ2n) is 15.4. The number of phenols is 2. The number of phenolic OH excluding ortho intramolecular Hbond substituents is 2. The normalized spacial score (nSPS) is 11.0. The van der Waals surface area contributed by atoms with Gasteiger partial charge in [0, 0.05) is 64.7 Å². The van der Waals surface area contributed by atoms with E-state index >= 15 is 0 Å². The van der Waals surface area contributed by atoms with Crippen LogP contribution in [0.25, 0.3) is 42.0 Å². The Hall–Kier alpha value is -7.68. The van der Waals surface area contributed by atoms with E-state index in [1.54, 1.807) is 35.3 Å². The third-order valence-corrected chi connectivity index (χ3v) is 13.9. The van der Waals surface area contributed by atoms with Crippen molar-refractivity contribution >= 4 is 123 Å². The number of aromatic nitrogens is 6. The third kappa shape index (κ3) is 9.39. The summed E-state index contributed by atoms with van der Waals surface area (Å²) < 4.78 is 30.5. The summed E-state index contributed by atoms with van der Waals surface area (Å²) in [5.74, 6) is -2.01. The van der Waals surface area contributed by atoms with Crippen molar-refractivity contribution in [2.45, 2.75) is 26.7 Å². The Labute approximate surface area is 414 Å². The van der Waals surface area contributed by atoms with Gasteiger partial charge in [-0.3, -0.25) is 19.6 Å². The number of nitrogens with one attached hydrogen (secondary N) is 2. The highest BCUT2D eigenvalue weighted by Crippen LogP contribution is 2.37. The van der Waals surface area contributed by atoms with E-state index in [1.165, 1.54) is 59.6 Å². The lowest BCUT2D eigenvalue weighted by atomic mass is 10.00. The van der Waals surface area contributed by atoms with Crippen LogP contribution in [0, 0.1) is 25.5 Å². The summed E-state index contributed by atoms with van der Waals surface area (Å²) in [7, 11) is 1.00. The number of carbonyl (C=O) groups is 2. The van der Waals surface area contributed by atoms with Crippen molar-refractivity contribution in [3.05, 3.63) is 163 Å². The zero-order valence-corrected chi connectivity index (χ0v) is 40.1. The highest BCUT2D eigenvalue weighted by molar-refractivity contribution is 7.18. The van der Waals surface area contributed by atoms with Crippen LogP contribution in [0.3, 0.4) is 0 Å². The molecule has 0 radical (unpaired) electrons. The largest absolute Gasteiger partial charge is 0.506 e. The lowest BCUT2D eigenvalue weighted by molar-refractivity contribution is 0.102. The molecule has 9 N–H and O–H groups in total. The molecule has 15 nitrogen and oxygen atoms in total. The summed E-state index contributed by atoms with van der Waals surface area (Å²) in [6.45, 7) is 3.78. The zero-order valence-electron chi connectivity index (χ0n) is 37.0. The number of aliphatic hydroxyl groups is 1. The summed E-state index contributed by atoms with van der Waals surface area (Å²) in [5, 5.41) is 38.1. The summed E-state index contributed by atoms with van der Waals surface area (Å²) in [6.07, 6.45) is 6.20. The Balaban J connectivity index is 0.000000182. The molecule has 4 aromatic carbocycles. The number of carbonyl (C=O) groups excluding carboxylic acids is 2. The number of thiophene rings is 2. The Kier molecular flexibility index (Phi) is 14.3. The van der Waals surface area contributed by atoms with Crippen molar-refractivity contribution in [1.82, 2.24) is 29.9 Å². The average Bonchev–Trinajstić information content (AvgIpc) is 4.02. The summed E-state index contributed by atoms with van der Waals surface area (Å²) >= 11 is 14.3. The molecule has 0 aliphatic rings. The predicted molar refractivity (Wildman–Crippen MR) is 272 cm³/mol. The number of halogens is 4. The monoisotopic (exact) mass is 1020 g/mol. The standard InChI is InChI=1S/2C24H17ClFN5O2S.CH4O/c2*1-11-2-4-13-14(6-7-28-16(13)8-12-3-5-17(32)18(25)19(12)26)20(11)31-24(33)15-9-34-22-21(15)29-10-30-23(22)27;1-2/h2*2-7,9-10,32H,8H2,1H3,(H,31,33)(H2,27,29,30);2H,1H3. The van der Waals surface area contributed by atoms with Gasteiger partial charge in [-0.15, -0.1) is 22.7 Å². The highest BCUT2D eigenvalue weighted by Gasteiger charge is 2.22. The van der Waals surface area contributed by atoms with E-state index in [0.29, 0.717) is 77.1 Å². The van der Waals surface area contributed by atoms with E-state index in [4.69, 9.17) is 39.8 Å². The molecular weight excluding hydrogens is 982 g/mol. The van der Waals surface area contributed by atoms with Crippen molar-refractivity contribution in [2.75, 3.05) is 29.2 Å². The number of benzene rings is 4. The fraction of sp³-hybridized carbons (Fsp3) is 0.102. The fourth-order valence-electron chi connectivity index (χ4n) is 7.68. The van der Waals surface area contributed by atoms with Gasteiger partial charge in [-0.1, -0.05) is 59.6 Å². The fourth-order valence-corrected chi connectivity index (χ4v) is 9.85. The van der Waals surface area contributed by atoms with Crippen LogP contribution >= 0.6 is 45.9 Å². The number of aromatic hydroxyl groups is 2. The zero-order chi connectivity index (χ0) is 50.0. The highest BCUT2D eigenvalue weighted by atomic mass is 35.5. The number of fused-ring (bicyclic) bond motifs is 4. The minimum Gasteiger partial charge on any atom is -0.506 e. The molecule has 0 atom stereocenters. The Morgan fingerprint density at radius 2 is 0.986 bits per heavy atom. The molecule has 70 heavy (non-hydrogen) atoms. The molecule has 0 aliphatic carbocycles. The molecule has 354 valence electrons. The van der Waals surface area contributed by atoms with Gasteiger partial charge in [0.25, 0.3) is 11.8 Å². The van der Waals surface area contributed by atoms with Crippen LogP contribution in [-0.4, -0.2) is 64.1 Å². The van der Waals surface area contributed by atoms with Gasteiger partial charge in [-0.2, -0.15) is 0 Å². The number of hydrogen-bond acceptors (Lipinski definition) is 15. The number of hydrogen-bond donors (Lipinski definition) is 7. The van der Waals surface area contributed by atoms with E-state index in [-0.39, 0.29) is 46.2 Å². The number of nitrogen functional groups attached to an aromatic ring is 2. The SMILES string of the molecule is CO.Cc1ccc2c(Cc3ccc(O)c(Cl)c3F)nccc2c1NC(=O)c1csc2c(N)ncnc12.Cc1ccc2c(Cc3ccc(O)c(Cl)c3F)nccc2c1NC(=O)c1csc2c(N)ncnc12. The number of nitrogens with zero attached hydrogens (tertiary/aromatic N) is 6. The van der Waals surface area contributed by atoms with E-state index in [2.05, 4.69) is 40.5 Å². The molecule has 0 spiro atoms. The molecule has 0 bridgehead atoms. The first-order chi connectivity index (χ1) is 33.7. The Bertz CT molecular complexity index is 3450. The minimum atomic E-state index is -0.688. The number of aryl methyl sites for hydroxylation is 2. The number of aliphatic hydroxyl groups excluding tert-OH is 1. The van der Waals surface area contributed by atoms with Gasteiger partial charge in [-0.25, -0.2) is 28.7 Å². The Morgan fingerprint density at radius 3 is 1.39 bits per heavy atom. The van der Waals surface area contributed by atoms with Crippen LogP contribution in [-0.2, 0) is 12.8 Å². The van der Waals surface area contributed by atoms with Crippen molar-refractivity contribution in [2.24, 2.45) is 0 Å². The smallest absolute Gasteiger partial charge is 0.258 e. The average molecular weight is 1020 g/mol. The first kappa shape index (κ1) is 48.8. The molecule has 0 aliphatic heterocycles. The predicted octanol–water partition coefficient (Wildman–Crippen LogP) is 10.6. The molecule has 10 rings (SSSR count). The summed E-state index contributed by atoms with van der Waals surface area (Å²) in [4.78, 5) is 51.6. The van der Waals surface area contributed by atoms with Crippen molar-refractivity contribution in [3.63, 3.8) is 0 Å². The molecule has 0 unspecified atom stereocenters. The number of rotatable bonds is 8. The first-order valence-corrected chi connectivity index (χ1v) is 23.3. The lowest BCUT2D eigenvalue weighted by Crippen LogP contribution is -2.13. The molecule has 6 aromatic heterocycles. The van der Waals surface area contributed by atoms with E-state index in [1.807, 2.05) is 38.1 Å². The minimum absolute atomic E-state index is 0.158. The quantitative estimate of drug-likeness (QED) is 0.0749.